The molecule has 1 aromatic rings. The SMILES string of the molecule is O=C(OS)c1csnn1. The predicted molar refractivity (Wildman–Crippen MR) is 34.3 cm³/mol. The van der Waals surface area contributed by atoms with E-state index in [9.17, 15) is 4.79 Å². The van der Waals surface area contributed by atoms with Gasteiger partial charge in [-0.2, -0.15) is 0 Å². The first-order valence-corrected chi connectivity index (χ1v) is 3.17. The van der Waals surface area contributed by atoms with E-state index in [4.69, 9.17) is 0 Å². The van der Waals surface area contributed by atoms with E-state index in [-0.39, 0.29) is 5.69 Å². The summed E-state index contributed by atoms with van der Waals surface area (Å²) in [4.78, 5) is 10.5. The molecule has 0 radical (unpaired) electrons. The fourth-order valence-electron chi connectivity index (χ4n) is 0.300. The van der Waals surface area contributed by atoms with Crippen molar-refractivity contribution < 1.29 is 8.98 Å². The Morgan fingerprint density at radius 2 is 2.67 bits per heavy atom. The second kappa shape index (κ2) is 2.79. The number of carbonyl (C=O) groups excluding carboxylic acids is 1. The Balaban J connectivity index is 2.77. The van der Waals surface area contributed by atoms with Crippen molar-refractivity contribution in [2.75, 3.05) is 0 Å². The third kappa shape index (κ3) is 1.39. The summed E-state index contributed by atoms with van der Waals surface area (Å²) >= 11 is 4.38. The summed E-state index contributed by atoms with van der Waals surface area (Å²) in [5.41, 5.74) is 0.190. The van der Waals surface area contributed by atoms with Crippen molar-refractivity contribution in [2.24, 2.45) is 0 Å². The fraction of sp³-hybridized carbons (Fsp3) is 0. The highest BCUT2D eigenvalue weighted by Crippen LogP contribution is 1.99. The molecule has 0 aromatic carbocycles. The Kier molecular flexibility index (Phi) is 2.01. The van der Waals surface area contributed by atoms with Crippen LogP contribution in [0.2, 0.25) is 0 Å². The van der Waals surface area contributed by atoms with Gasteiger partial charge in [-0.05, 0) is 11.5 Å². The summed E-state index contributed by atoms with van der Waals surface area (Å²) < 4.78 is 7.50. The van der Waals surface area contributed by atoms with E-state index in [0.717, 1.165) is 11.5 Å². The first kappa shape index (κ1) is 6.50. The Morgan fingerprint density at radius 3 is 3.11 bits per heavy atom. The molecule has 1 rings (SSSR count). The molecule has 0 aliphatic heterocycles. The minimum absolute atomic E-state index is 0.190. The Morgan fingerprint density at radius 1 is 1.89 bits per heavy atom. The number of aromatic nitrogens is 2. The molecule has 0 amide bonds. The number of thiol groups is 1. The highest BCUT2D eigenvalue weighted by atomic mass is 32.1. The highest BCUT2D eigenvalue weighted by Gasteiger charge is 2.07. The summed E-state index contributed by atoms with van der Waals surface area (Å²) in [6.45, 7) is 0. The molecule has 0 aliphatic rings. The van der Waals surface area contributed by atoms with Crippen molar-refractivity contribution in [3.8, 4) is 0 Å². The summed E-state index contributed by atoms with van der Waals surface area (Å²) in [6.07, 6.45) is 0. The molecule has 0 N–H and O–H groups in total. The zero-order valence-corrected chi connectivity index (χ0v) is 5.85. The van der Waals surface area contributed by atoms with Gasteiger partial charge in [-0.1, -0.05) is 4.49 Å². The number of nitrogens with zero attached hydrogens (tertiary/aromatic N) is 2. The standard InChI is InChI=1S/C3H2N2O2S2/c6-3(7-8)2-1-9-5-4-2/h1,8H. The normalized spacial score (nSPS) is 9.00. The molecule has 0 aliphatic carbocycles. The topological polar surface area (TPSA) is 52.1 Å². The van der Waals surface area contributed by atoms with Gasteiger partial charge in [0.1, 0.15) is 0 Å². The second-order valence-corrected chi connectivity index (χ2v) is 1.96. The molecule has 0 saturated carbocycles. The summed E-state index contributed by atoms with van der Waals surface area (Å²) in [7, 11) is 0. The molecule has 6 heteroatoms. The zero-order chi connectivity index (χ0) is 6.69. The van der Waals surface area contributed by atoms with E-state index in [1.54, 1.807) is 0 Å². The molecule has 0 atom stereocenters. The minimum atomic E-state index is -0.577. The average molecular weight is 162 g/mol. The first-order chi connectivity index (χ1) is 4.34. The maximum atomic E-state index is 10.5. The van der Waals surface area contributed by atoms with Crippen molar-refractivity contribution in [2.45, 2.75) is 0 Å². The quantitative estimate of drug-likeness (QED) is 0.483. The lowest BCUT2D eigenvalue weighted by Gasteiger charge is -1.85. The van der Waals surface area contributed by atoms with E-state index in [1.807, 2.05) is 0 Å². The summed E-state index contributed by atoms with van der Waals surface area (Å²) in [6, 6.07) is 0. The molecule has 1 aromatic heterocycles. The molecule has 9 heavy (non-hydrogen) atoms. The van der Waals surface area contributed by atoms with E-state index >= 15 is 0 Å². The van der Waals surface area contributed by atoms with Crippen LogP contribution in [0.25, 0.3) is 0 Å². The number of rotatable bonds is 1. The molecule has 0 fully saturated rings. The third-order valence-electron chi connectivity index (χ3n) is 0.652. The summed E-state index contributed by atoms with van der Waals surface area (Å²) in [5.74, 6) is -0.577. The molecular weight excluding hydrogens is 160 g/mol. The van der Waals surface area contributed by atoms with Crippen LogP contribution in [-0.4, -0.2) is 15.6 Å². The van der Waals surface area contributed by atoms with Gasteiger partial charge in [0.05, 0.1) is 0 Å². The van der Waals surface area contributed by atoms with Crippen LogP contribution in [0.5, 0.6) is 0 Å². The Labute approximate surface area is 60.6 Å². The highest BCUT2D eigenvalue weighted by molar-refractivity contribution is 7.75. The van der Waals surface area contributed by atoms with E-state index in [0.29, 0.717) is 0 Å². The number of hydrogen-bond acceptors (Lipinski definition) is 6. The van der Waals surface area contributed by atoms with E-state index in [2.05, 4.69) is 26.7 Å². The third-order valence-corrected chi connectivity index (χ3v) is 1.32. The molecule has 48 valence electrons. The molecule has 4 nitrogen and oxygen atoms in total. The van der Waals surface area contributed by atoms with Crippen LogP contribution in [0.15, 0.2) is 5.38 Å². The van der Waals surface area contributed by atoms with Crippen LogP contribution in [0, 0.1) is 0 Å². The lowest BCUT2D eigenvalue weighted by Crippen LogP contribution is -1.97. The van der Waals surface area contributed by atoms with Gasteiger partial charge in [-0.3, -0.25) is 0 Å². The smallest absolute Gasteiger partial charge is 0.371 e. The fourth-order valence-corrected chi connectivity index (χ4v) is 0.819. The van der Waals surface area contributed by atoms with Gasteiger partial charge in [-0.15, -0.1) is 5.10 Å². The van der Waals surface area contributed by atoms with Crippen molar-refractivity contribution in [3.63, 3.8) is 0 Å². The van der Waals surface area contributed by atoms with Crippen molar-refractivity contribution in [3.05, 3.63) is 11.1 Å². The molecular formula is C3H2N2O2S2. The lowest BCUT2D eigenvalue weighted by molar-refractivity contribution is 0.0766. The van der Waals surface area contributed by atoms with Crippen LogP contribution in [0.3, 0.4) is 0 Å². The van der Waals surface area contributed by atoms with Crippen LogP contribution in [0.4, 0.5) is 0 Å². The van der Waals surface area contributed by atoms with E-state index in [1.165, 1.54) is 5.38 Å². The molecule has 0 spiro atoms. The molecule has 1 heterocycles. The van der Waals surface area contributed by atoms with Crippen molar-refractivity contribution in [1.29, 1.82) is 0 Å². The van der Waals surface area contributed by atoms with Gasteiger partial charge >= 0.3 is 5.97 Å². The summed E-state index contributed by atoms with van der Waals surface area (Å²) in [5, 5.41) is 4.92. The van der Waals surface area contributed by atoms with Gasteiger partial charge in [0.2, 0.25) is 0 Å². The largest absolute Gasteiger partial charge is 0.390 e. The maximum Gasteiger partial charge on any atom is 0.371 e. The van der Waals surface area contributed by atoms with Crippen LogP contribution in [0.1, 0.15) is 10.5 Å². The van der Waals surface area contributed by atoms with Crippen LogP contribution < -0.4 is 0 Å². The van der Waals surface area contributed by atoms with E-state index < -0.39 is 5.97 Å². The van der Waals surface area contributed by atoms with Gasteiger partial charge in [0, 0.05) is 18.3 Å². The van der Waals surface area contributed by atoms with Gasteiger partial charge < -0.3 is 4.18 Å². The minimum Gasteiger partial charge on any atom is -0.390 e. The van der Waals surface area contributed by atoms with Gasteiger partial charge in [0.25, 0.3) is 0 Å². The van der Waals surface area contributed by atoms with Crippen molar-refractivity contribution in [1.82, 2.24) is 9.59 Å². The maximum absolute atomic E-state index is 10.5. The molecule has 0 saturated heterocycles. The molecule has 0 bridgehead atoms. The Hall–Kier alpha value is -0.620. The zero-order valence-electron chi connectivity index (χ0n) is 4.14. The lowest BCUT2D eigenvalue weighted by atomic mass is 10.5. The monoisotopic (exact) mass is 162 g/mol. The van der Waals surface area contributed by atoms with Crippen molar-refractivity contribution >= 4 is 30.4 Å². The number of carbonyl (C=O) groups is 1. The Bertz CT molecular complexity index is 198. The van der Waals surface area contributed by atoms with Gasteiger partial charge in [0.15, 0.2) is 5.69 Å². The number of hydrogen-bond donors (Lipinski definition) is 1. The average Bonchev–Trinajstić information content (AvgIpc) is 2.37. The first-order valence-electron chi connectivity index (χ1n) is 1.97. The predicted octanol–water partition coefficient (Wildman–Crippen LogP) is 0.540. The second-order valence-electron chi connectivity index (χ2n) is 1.17. The van der Waals surface area contributed by atoms with Gasteiger partial charge in [-0.25, -0.2) is 4.79 Å². The van der Waals surface area contributed by atoms with Crippen LogP contribution in [-0.2, 0) is 4.18 Å². The molecule has 0 unspecified atom stereocenters. The van der Waals surface area contributed by atoms with Crippen LogP contribution >= 0.6 is 24.4 Å².